The molecule has 23 heteroatoms. The van der Waals surface area contributed by atoms with Gasteiger partial charge in [-0.2, -0.15) is 61.5 Å². The minimum Gasteiger partial charge on any atom is -0.291 e. The Hall–Kier alpha value is -1.81. The first-order valence-corrected chi connectivity index (χ1v) is 8.06. The summed E-state index contributed by atoms with van der Waals surface area (Å²) in [6.45, 7) is 0. The van der Waals surface area contributed by atoms with Gasteiger partial charge in [-0.05, 0) is 4.53 Å². The van der Waals surface area contributed by atoms with E-state index >= 15 is 4.39 Å². The smallest absolute Gasteiger partial charge is 0.291 e. The van der Waals surface area contributed by atoms with E-state index in [-0.39, 0.29) is 0 Å². The molecule has 0 N–H and O–H groups in total. The predicted molar refractivity (Wildman–Crippen MR) is 62.1 cm³/mol. The number of ketones is 1. The number of alkyl halides is 19. The zero-order chi connectivity index (χ0) is 29.0. The molecule has 4 bridgehead atoms. The quantitative estimate of drug-likeness (QED) is 0.417. The minimum atomic E-state index is -8.42. The lowest BCUT2D eigenvalue weighted by atomic mass is 9.41. The fourth-order valence-electron chi connectivity index (χ4n) is 4.23. The van der Waals surface area contributed by atoms with Crippen LogP contribution >= 0.6 is 0 Å². The summed E-state index contributed by atoms with van der Waals surface area (Å²) in [7, 11) is 0. The molecule has 0 aliphatic heterocycles. The lowest BCUT2D eigenvalue weighted by Gasteiger charge is -2.71. The van der Waals surface area contributed by atoms with Crippen LogP contribution in [0.15, 0.2) is 0 Å². The van der Waals surface area contributed by atoms with Crippen LogP contribution < -0.4 is 0 Å². The number of rotatable bonds is 4. The Morgan fingerprint density at radius 3 is 1.28 bits per heavy atom. The molecular formula is C13F20O3. The number of carbonyl (C=O) groups is 1. The molecule has 0 spiro atoms. The Morgan fingerprint density at radius 2 is 0.917 bits per heavy atom. The lowest BCUT2D eigenvalue weighted by molar-refractivity contribution is -0.589. The van der Waals surface area contributed by atoms with Crippen LogP contribution in [0.4, 0.5) is 87.9 Å². The summed E-state index contributed by atoms with van der Waals surface area (Å²) in [5.41, 5.74) is -32.0. The van der Waals surface area contributed by atoms with Gasteiger partial charge in [-0.1, -0.05) is 0 Å². The van der Waals surface area contributed by atoms with Gasteiger partial charge in [0, 0.05) is 0 Å². The molecule has 6 atom stereocenters. The number of hydrogen-bond acceptors (Lipinski definition) is 3. The summed E-state index contributed by atoms with van der Waals surface area (Å²) < 4.78 is 280. The fraction of sp³-hybridized carbons (Fsp3) is 0.923. The molecule has 0 aromatic rings. The third-order valence-electron chi connectivity index (χ3n) is 6.09. The summed E-state index contributed by atoms with van der Waals surface area (Å²) >= 11 is 0. The third kappa shape index (κ3) is 1.94. The average molecular weight is 584 g/mol. The Kier molecular flexibility index (Phi) is 4.86. The van der Waals surface area contributed by atoms with Crippen LogP contribution in [0.1, 0.15) is 0 Å². The molecule has 3 nitrogen and oxygen atoms in total. The monoisotopic (exact) mass is 584 g/mol. The molecule has 0 amide bonds. The maximum Gasteiger partial charge on any atom is 0.461 e. The molecular weight excluding hydrogens is 584 g/mol. The van der Waals surface area contributed by atoms with Crippen LogP contribution in [0.5, 0.6) is 0 Å². The molecule has 210 valence electrons. The summed E-state index contributed by atoms with van der Waals surface area (Å²) in [6, 6.07) is 0. The zero-order valence-corrected chi connectivity index (χ0v) is 15.3. The van der Waals surface area contributed by atoms with E-state index in [1.807, 2.05) is 0 Å². The number of carbonyl (C=O) groups excluding carboxylic acids is 1. The first-order chi connectivity index (χ1) is 15.4. The molecule has 0 aromatic carbocycles. The van der Waals surface area contributed by atoms with E-state index in [4.69, 9.17) is 0 Å². The van der Waals surface area contributed by atoms with Gasteiger partial charge in [0.25, 0.3) is 0 Å². The topological polar surface area (TPSA) is 35.5 Å². The maximum absolute atomic E-state index is 15.1. The molecule has 0 saturated heterocycles. The van der Waals surface area contributed by atoms with Gasteiger partial charge < -0.3 is 0 Å². The highest BCUT2D eigenvalue weighted by atomic mass is 19.4. The first kappa shape index (κ1) is 28.8. The van der Waals surface area contributed by atoms with Crippen LogP contribution in [-0.4, -0.2) is 76.1 Å². The van der Waals surface area contributed by atoms with Gasteiger partial charge >= 0.3 is 70.4 Å². The van der Waals surface area contributed by atoms with Gasteiger partial charge in [-0.3, -0.25) is 9.53 Å². The molecule has 6 unspecified atom stereocenters. The summed E-state index contributed by atoms with van der Waals surface area (Å²) in [5.74, 6) is -54.0. The van der Waals surface area contributed by atoms with Crippen molar-refractivity contribution in [3.8, 4) is 0 Å². The van der Waals surface area contributed by atoms with Crippen molar-refractivity contribution in [2.45, 2.75) is 70.4 Å². The molecule has 4 saturated carbocycles. The van der Waals surface area contributed by atoms with E-state index in [1.165, 1.54) is 0 Å². The third-order valence-corrected chi connectivity index (χ3v) is 6.09. The summed E-state index contributed by atoms with van der Waals surface area (Å²) in [4.78, 5) is 12.7. The van der Waals surface area contributed by atoms with Crippen LogP contribution in [0.25, 0.3) is 0 Å². The SMILES string of the molecule is O=C1C2(F)C(F)(F)C3(F)C(F)(F)C1(F)C(F)(OC(F)(F)C(F)(OF)C(F)(F)F)C(F)(C2(F)F)C3(F)F. The highest BCUT2D eigenvalue weighted by molar-refractivity contribution is 6.04. The Balaban J connectivity index is 2.54. The maximum atomic E-state index is 15.1. The van der Waals surface area contributed by atoms with Gasteiger partial charge in [0.1, 0.15) is 0 Å². The van der Waals surface area contributed by atoms with Crippen molar-refractivity contribution in [3.63, 3.8) is 0 Å². The Morgan fingerprint density at radius 1 is 0.556 bits per heavy atom. The average Bonchev–Trinajstić information content (AvgIpc) is 2.70. The lowest BCUT2D eigenvalue weighted by Crippen LogP contribution is -3.07. The second-order valence-corrected chi connectivity index (χ2v) is 7.64. The van der Waals surface area contributed by atoms with E-state index in [1.54, 1.807) is 4.74 Å². The second kappa shape index (κ2) is 6.08. The number of Topliss-reactive ketones (excluding diaryl/α,β-unsaturated/α-hetero) is 1. The van der Waals surface area contributed by atoms with Crippen LogP contribution in [-0.2, 0) is 14.5 Å². The van der Waals surface area contributed by atoms with E-state index < -0.39 is 76.1 Å². The zero-order valence-electron chi connectivity index (χ0n) is 15.3. The predicted octanol–water partition coefficient (Wildman–Crippen LogP) is 5.38. The highest BCUT2D eigenvalue weighted by Crippen LogP contribution is 2.85. The molecule has 0 heterocycles. The fourth-order valence-corrected chi connectivity index (χ4v) is 4.23. The van der Waals surface area contributed by atoms with Crippen molar-refractivity contribution in [2.75, 3.05) is 0 Å². The molecule has 4 rings (SSSR count). The Labute approximate surface area is 180 Å². The van der Waals surface area contributed by atoms with Crippen LogP contribution in [0, 0.1) is 0 Å². The summed E-state index contributed by atoms with van der Waals surface area (Å²) in [6.07, 6.45) is -15.8. The van der Waals surface area contributed by atoms with Crippen molar-refractivity contribution in [1.82, 2.24) is 0 Å². The molecule has 4 fully saturated rings. The van der Waals surface area contributed by atoms with E-state index in [9.17, 15) is 88.3 Å². The molecule has 0 radical (unpaired) electrons. The van der Waals surface area contributed by atoms with E-state index in [2.05, 4.69) is 0 Å². The number of halogens is 20. The first-order valence-electron chi connectivity index (χ1n) is 8.06. The molecule has 0 aromatic heterocycles. The number of hydrogen-bond donors (Lipinski definition) is 0. The van der Waals surface area contributed by atoms with Gasteiger partial charge in [-0.25, -0.2) is 22.0 Å². The van der Waals surface area contributed by atoms with E-state index in [0.717, 1.165) is 4.94 Å². The second-order valence-electron chi connectivity index (χ2n) is 7.64. The molecule has 4 aliphatic carbocycles. The largest absolute Gasteiger partial charge is 0.461 e. The summed E-state index contributed by atoms with van der Waals surface area (Å²) in [5, 5.41) is 0. The normalized spacial score (nSPS) is 46.1. The van der Waals surface area contributed by atoms with Crippen molar-refractivity contribution in [3.05, 3.63) is 0 Å². The van der Waals surface area contributed by atoms with Crippen molar-refractivity contribution < 1.29 is 102 Å². The Bertz CT molecular complexity index is 1020. The van der Waals surface area contributed by atoms with Gasteiger partial charge in [0.2, 0.25) is 5.78 Å². The molecule has 4 aliphatic rings. The molecule has 36 heavy (non-hydrogen) atoms. The van der Waals surface area contributed by atoms with Crippen LogP contribution in [0.3, 0.4) is 0 Å². The van der Waals surface area contributed by atoms with Crippen LogP contribution in [0.2, 0.25) is 0 Å². The van der Waals surface area contributed by atoms with Crippen molar-refractivity contribution in [1.29, 1.82) is 0 Å². The standard InChI is InChI=1S/C13F20O3/c14-2-1(34)3(15)8(22,23)4(16,6(2,18)19)9(24,25)5(17,7(2,20)21)10(3,26)35-13(31,32)11(27,36-33)12(28,29)30. The highest BCUT2D eigenvalue weighted by Gasteiger charge is 3.20. The van der Waals surface area contributed by atoms with Gasteiger partial charge in [0.15, 0.2) is 0 Å². The number of ether oxygens (including phenoxy) is 1. The van der Waals surface area contributed by atoms with Gasteiger partial charge in [-0.15, -0.1) is 4.94 Å². The van der Waals surface area contributed by atoms with Crippen molar-refractivity contribution in [2.24, 2.45) is 0 Å². The minimum absolute atomic E-state index is 1.03. The van der Waals surface area contributed by atoms with Gasteiger partial charge in [0.05, 0.1) is 0 Å². The van der Waals surface area contributed by atoms with E-state index in [0.29, 0.717) is 0 Å². The van der Waals surface area contributed by atoms with Crippen molar-refractivity contribution >= 4 is 5.78 Å².